The molecule has 1 aromatic rings. The highest BCUT2D eigenvalue weighted by Crippen LogP contribution is 2.24. The zero-order valence-electron chi connectivity index (χ0n) is 13.3. The van der Waals surface area contributed by atoms with Crippen molar-refractivity contribution in [1.29, 1.82) is 0 Å². The highest BCUT2D eigenvalue weighted by atomic mass is 16.1. The number of nitrogens with zero attached hydrogens (tertiary/aromatic N) is 3. The molecule has 1 amide bonds. The molecule has 1 aliphatic heterocycles. The Morgan fingerprint density at radius 1 is 1.33 bits per heavy atom. The van der Waals surface area contributed by atoms with Gasteiger partial charge in [0.1, 0.15) is 17.5 Å². The Labute approximate surface area is 126 Å². The van der Waals surface area contributed by atoms with Crippen LogP contribution in [-0.2, 0) is 10.2 Å². The molecule has 116 valence electrons. The lowest BCUT2D eigenvalue weighted by Gasteiger charge is -2.33. The summed E-state index contributed by atoms with van der Waals surface area (Å²) in [6.07, 6.45) is 1.85. The average molecular weight is 291 g/mol. The molecule has 0 saturated carbocycles. The first-order valence-electron chi connectivity index (χ1n) is 7.43. The minimum Gasteiger partial charge on any atom is -0.384 e. The van der Waals surface area contributed by atoms with Crippen molar-refractivity contribution in [2.24, 2.45) is 0 Å². The molecule has 1 aliphatic rings. The Bertz CT molecular complexity index is 515. The second-order valence-corrected chi connectivity index (χ2v) is 6.69. The molecule has 0 unspecified atom stereocenters. The molecule has 0 spiro atoms. The fourth-order valence-corrected chi connectivity index (χ4v) is 2.49. The Balaban J connectivity index is 2.10. The second-order valence-electron chi connectivity index (χ2n) is 6.69. The van der Waals surface area contributed by atoms with E-state index >= 15 is 0 Å². The van der Waals surface area contributed by atoms with Gasteiger partial charge in [-0.05, 0) is 12.8 Å². The Hall–Kier alpha value is -1.85. The fraction of sp³-hybridized carbons (Fsp3) is 0.667. The zero-order chi connectivity index (χ0) is 15.6. The van der Waals surface area contributed by atoms with E-state index in [1.807, 2.05) is 6.07 Å². The number of nitrogens with two attached hydrogens (primary N) is 1. The number of aromatic nitrogens is 2. The van der Waals surface area contributed by atoms with Crippen LogP contribution >= 0.6 is 0 Å². The Kier molecular flexibility index (Phi) is 4.34. The molecule has 0 aromatic carbocycles. The summed E-state index contributed by atoms with van der Waals surface area (Å²) in [6, 6.07) is 2.09. The molecule has 6 heteroatoms. The van der Waals surface area contributed by atoms with Crippen LogP contribution in [0.3, 0.4) is 0 Å². The molecular formula is C15H25N5O. The molecule has 1 saturated heterocycles. The molecule has 6 nitrogen and oxygen atoms in total. The van der Waals surface area contributed by atoms with E-state index in [2.05, 4.69) is 41.0 Å². The van der Waals surface area contributed by atoms with Gasteiger partial charge in [-0.2, -0.15) is 0 Å². The van der Waals surface area contributed by atoms with Gasteiger partial charge in [0.2, 0.25) is 5.91 Å². The summed E-state index contributed by atoms with van der Waals surface area (Å²) >= 11 is 0. The predicted octanol–water partition coefficient (Wildman–Crippen LogP) is 1.46. The maximum atomic E-state index is 11.1. The van der Waals surface area contributed by atoms with Crippen LogP contribution in [0.15, 0.2) is 6.07 Å². The topological polar surface area (TPSA) is 84.1 Å². The number of piperidine rings is 1. The SMILES string of the molecule is CC(=O)NC1CCN(c2cc(N)nc(C(C)(C)C)n2)CC1. The third-order valence-corrected chi connectivity index (χ3v) is 3.63. The van der Waals surface area contributed by atoms with Gasteiger partial charge in [0.05, 0.1) is 0 Å². The maximum Gasteiger partial charge on any atom is 0.217 e. The number of nitrogens with one attached hydrogen (secondary N) is 1. The number of hydrogen-bond donors (Lipinski definition) is 2. The van der Waals surface area contributed by atoms with Gasteiger partial charge >= 0.3 is 0 Å². The zero-order valence-corrected chi connectivity index (χ0v) is 13.3. The smallest absolute Gasteiger partial charge is 0.217 e. The third kappa shape index (κ3) is 4.06. The van der Waals surface area contributed by atoms with Crippen LogP contribution in [0.1, 0.15) is 46.4 Å². The molecule has 1 fully saturated rings. The highest BCUT2D eigenvalue weighted by molar-refractivity contribution is 5.73. The van der Waals surface area contributed by atoms with Crippen molar-refractivity contribution in [1.82, 2.24) is 15.3 Å². The summed E-state index contributed by atoms with van der Waals surface area (Å²) in [5.74, 6) is 2.19. The van der Waals surface area contributed by atoms with Gasteiger partial charge in [-0.3, -0.25) is 4.79 Å². The molecule has 0 bridgehead atoms. The maximum absolute atomic E-state index is 11.1. The van der Waals surface area contributed by atoms with Gasteiger partial charge in [-0.1, -0.05) is 20.8 Å². The lowest BCUT2D eigenvalue weighted by atomic mass is 9.95. The molecule has 0 atom stereocenters. The minimum absolute atomic E-state index is 0.0368. The van der Waals surface area contributed by atoms with E-state index in [0.29, 0.717) is 5.82 Å². The lowest BCUT2D eigenvalue weighted by molar-refractivity contribution is -0.119. The lowest BCUT2D eigenvalue weighted by Crippen LogP contribution is -2.44. The van der Waals surface area contributed by atoms with Crippen molar-refractivity contribution >= 4 is 17.5 Å². The summed E-state index contributed by atoms with van der Waals surface area (Å²) in [4.78, 5) is 22.3. The molecule has 0 radical (unpaired) electrons. The van der Waals surface area contributed by atoms with Crippen LogP contribution in [0.4, 0.5) is 11.6 Å². The molecule has 0 aliphatic carbocycles. The second kappa shape index (κ2) is 5.87. The van der Waals surface area contributed by atoms with Crippen LogP contribution in [-0.4, -0.2) is 35.0 Å². The first kappa shape index (κ1) is 15.5. The summed E-state index contributed by atoms with van der Waals surface area (Å²) in [6.45, 7) is 9.53. The first-order valence-corrected chi connectivity index (χ1v) is 7.43. The van der Waals surface area contributed by atoms with Gasteiger partial charge in [-0.25, -0.2) is 9.97 Å². The number of rotatable bonds is 2. The highest BCUT2D eigenvalue weighted by Gasteiger charge is 2.24. The van der Waals surface area contributed by atoms with Gasteiger partial charge in [0.15, 0.2) is 0 Å². The third-order valence-electron chi connectivity index (χ3n) is 3.63. The Morgan fingerprint density at radius 2 is 1.95 bits per heavy atom. The average Bonchev–Trinajstić information content (AvgIpc) is 2.37. The van der Waals surface area contributed by atoms with Crippen LogP contribution in [0.2, 0.25) is 0 Å². The van der Waals surface area contributed by atoms with E-state index in [1.165, 1.54) is 0 Å². The number of hydrogen-bond acceptors (Lipinski definition) is 5. The summed E-state index contributed by atoms with van der Waals surface area (Å²) in [5.41, 5.74) is 5.79. The molecule has 2 rings (SSSR count). The number of carbonyl (C=O) groups excluding carboxylic acids is 1. The van der Waals surface area contributed by atoms with E-state index in [0.717, 1.165) is 37.6 Å². The van der Waals surface area contributed by atoms with Gasteiger partial charge < -0.3 is 16.0 Å². The van der Waals surface area contributed by atoms with Crippen LogP contribution in [0, 0.1) is 0 Å². The van der Waals surface area contributed by atoms with E-state index in [1.54, 1.807) is 6.92 Å². The van der Waals surface area contributed by atoms with Crippen molar-refractivity contribution in [3.8, 4) is 0 Å². The van der Waals surface area contributed by atoms with Crippen molar-refractivity contribution in [3.05, 3.63) is 11.9 Å². The largest absolute Gasteiger partial charge is 0.384 e. The number of amides is 1. The molecule has 3 N–H and O–H groups in total. The van der Waals surface area contributed by atoms with E-state index in [4.69, 9.17) is 5.73 Å². The Morgan fingerprint density at radius 3 is 2.48 bits per heavy atom. The normalized spacial score (nSPS) is 16.9. The van der Waals surface area contributed by atoms with Crippen LogP contribution in [0.25, 0.3) is 0 Å². The van der Waals surface area contributed by atoms with Gasteiger partial charge in [-0.15, -0.1) is 0 Å². The van der Waals surface area contributed by atoms with Gasteiger partial charge in [0, 0.05) is 37.5 Å². The first-order chi connectivity index (χ1) is 9.75. The molecule has 1 aromatic heterocycles. The number of nitrogen functional groups attached to an aromatic ring is 1. The monoisotopic (exact) mass is 291 g/mol. The fourth-order valence-electron chi connectivity index (χ4n) is 2.49. The van der Waals surface area contributed by atoms with Crippen molar-refractivity contribution in [2.45, 2.75) is 52.0 Å². The summed E-state index contributed by atoms with van der Waals surface area (Å²) < 4.78 is 0. The van der Waals surface area contributed by atoms with Crippen molar-refractivity contribution in [2.75, 3.05) is 23.7 Å². The standard InChI is InChI=1S/C15H25N5O/c1-10(21)17-11-5-7-20(8-6-11)13-9-12(16)18-14(19-13)15(2,3)4/h9,11H,5-8H2,1-4H3,(H,17,21)(H2,16,18,19). The van der Waals surface area contributed by atoms with Crippen molar-refractivity contribution in [3.63, 3.8) is 0 Å². The van der Waals surface area contributed by atoms with E-state index in [9.17, 15) is 4.79 Å². The van der Waals surface area contributed by atoms with Crippen molar-refractivity contribution < 1.29 is 4.79 Å². The number of anilines is 2. The molecule has 2 heterocycles. The minimum atomic E-state index is -0.126. The predicted molar refractivity (Wildman–Crippen MR) is 84.2 cm³/mol. The number of carbonyl (C=O) groups is 1. The summed E-state index contributed by atoms with van der Waals surface area (Å²) in [5, 5.41) is 2.98. The van der Waals surface area contributed by atoms with Crippen LogP contribution < -0.4 is 16.0 Å². The molecule has 21 heavy (non-hydrogen) atoms. The summed E-state index contributed by atoms with van der Waals surface area (Å²) in [7, 11) is 0. The van der Waals surface area contributed by atoms with E-state index < -0.39 is 0 Å². The quantitative estimate of drug-likeness (QED) is 0.862. The van der Waals surface area contributed by atoms with E-state index in [-0.39, 0.29) is 17.4 Å². The van der Waals surface area contributed by atoms with Gasteiger partial charge in [0.25, 0.3) is 0 Å². The molecular weight excluding hydrogens is 266 g/mol. The van der Waals surface area contributed by atoms with Crippen LogP contribution in [0.5, 0.6) is 0 Å².